The van der Waals surface area contributed by atoms with Gasteiger partial charge in [0.25, 0.3) is 0 Å². The lowest BCUT2D eigenvalue weighted by Gasteiger charge is -2.06. The van der Waals surface area contributed by atoms with Crippen molar-refractivity contribution in [2.75, 3.05) is 18.1 Å². The number of aromatic nitrogens is 2. The number of carbonyl (C=O) groups excluding carboxylic acids is 3. The smallest absolute Gasteiger partial charge is 0.343 e. The molecule has 1 rings (SSSR count). The lowest BCUT2D eigenvalue weighted by atomic mass is 10.3. The number of ether oxygens (including phenoxy) is 1. The van der Waals surface area contributed by atoms with Gasteiger partial charge in [-0.05, 0) is 6.92 Å². The molecule has 1 aromatic rings. The van der Waals surface area contributed by atoms with Gasteiger partial charge in [0.05, 0.1) is 12.4 Å². The molecular weight excluding hydrogens is 298 g/mol. The number of nitrogens with one attached hydrogen (secondary N) is 2. The van der Waals surface area contributed by atoms with Gasteiger partial charge in [-0.15, -0.1) is 0 Å². The van der Waals surface area contributed by atoms with E-state index in [2.05, 4.69) is 20.8 Å². The van der Waals surface area contributed by atoms with Gasteiger partial charge in [-0.3, -0.25) is 20.4 Å². The number of thioether (sulfide) groups is 1. The van der Waals surface area contributed by atoms with E-state index in [1.165, 1.54) is 13.1 Å². The van der Waals surface area contributed by atoms with E-state index in [0.717, 1.165) is 11.8 Å². The van der Waals surface area contributed by atoms with Crippen molar-refractivity contribution >= 4 is 35.4 Å². The Morgan fingerprint density at radius 3 is 2.67 bits per heavy atom. The van der Waals surface area contributed by atoms with Gasteiger partial charge < -0.3 is 10.5 Å². The third-order valence-corrected chi connectivity index (χ3v) is 2.86. The first-order valence-electron chi connectivity index (χ1n) is 5.92. The molecule has 0 aliphatic carbocycles. The SMILES string of the molecule is CCOC(=O)c1cnc(SCC(=O)NNC(C)=O)nc1N. The fraction of sp³-hybridized carbons (Fsp3) is 0.364. The second-order valence-electron chi connectivity index (χ2n) is 3.69. The predicted octanol–water partition coefficient (Wildman–Crippen LogP) is -0.505. The van der Waals surface area contributed by atoms with E-state index in [4.69, 9.17) is 10.5 Å². The Balaban J connectivity index is 2.58. The van der Waals surface area contributed by atoms with E-state index in [9.17, 15) is 14.4 Å². The van der Waals surface area contributed by atoms with Crippen molar-refractivity contribution in [2.45, 2.75) is 19.0 Å². The number of hydrazine groups is 1. The number of hydrogen-bond acceptors (Lipinski definition) is 8. The summed E-state index contributed by atoms with van der Waals surface area (Å²) in [6.45, 7) is 3.16. The second kappa shape index (κ2) is 8.04. The highest BCUT2D eigenvalue weighted by atomic mass is 32.2. The Morgan fingerprint density at radius 1 is 1.38 bits per heavy atom. The van der Waals surface area contributed by atoms with Gasteiger partial charge in [0.1, 0.15) is 11.4 Å². The number of nitrogen functional groups attached to an aromatic ring is 1. The Hall–Kier alpha value is -2.36. The van der Waals surface area contributed by atoms with Crippen LogP contribution in [-0.4, -0.2) is 40.1 Å². The number of carbonyl (C=O) groups is 3. The number of esters is 1. The molecule has 1 aromatic heterocycles. The van der Waals surface area contributed by atoms with Gasteiger partial charge in [0.2, 0.25) is 11.8 Å². The van der Waals surface area contributed by atoms with E-state index in [1.807, 2.05) is 0 Å². The van der Waals surface area contributed by atoms with Crippen molar-refractivity contribution in [1.82, 2.24) is 20.8 Å². The number of rotatable bonds is 5. The molecule has 0 saturated carbocycles. The highest BCUT2D eigenvalue weighted by Gasteiger charge is 2.14. The van der Waals surface area contributed by atoms with Crippen molar-refractivity contribution in [1.29, 1.82) is 0 Å². The van der Waals surface area contributed by atoms with Gasteiger partial charge in [-0.2, -0.15) is 0 Å². The van der Waals surface area contributed by atoms with Gasteiger partial charge in [-0.25, -0.2) is 14.8 Å². The minimum Gasteiger partial charge on any atom is -0.462 e. The van der Waals surface area contributed by atoms with Crippen LogP contribution in [0.3, 0.4) is 0 Å². The third kappa shape index (κ3) is 5.65. The fourth-order valence-corrected chi connectivity index (χ4v) is 1.76. The maximum Gasteiger partial charge on any atom is 0.343 e. The molecule has 0 aromatic carbocycles. The lowest BCUT2D eigenvalue weighted by molar-refractivity contribution is -0.126. The average molecular weight is 313 g/mol. The van der Waals surface area contributed by atoms with Gasteiger partial charge in [-0.1, -0.05) is 11.8 Å². The van der Waals surface area contributed by atoms with E-state index >= 15 is 0 Å². The molecule has 0 bridgehead atoms. The van der Waals surface area contributed by atoms with Crippen molar-refractivity contribution in [3.05, 3.63) is 11.8 Å². The summed E-state index contributed by atoms with van der Waals surface area (Å²) >= 11 is 1.01. The number of nitrogens with two attached hydrogens (primary N) is 1. The predicted molar refractivity (Wildman–Crippen MR) is 75.1 cm³/mol. The quantitative estimate of drug-likeness (QED) is 0.286. The van der Waals surface area contributed by atoms with Crippen LogP contribution in [0.15, 0.2) is 11.4 Å². The van der Waals surface area contributed by atoms with Crippen LogP contribution in [0.4, 0.5) is 5.82 Å². The molecular formula is C11H15N5O4S. The molecule has 10 heteroatoms. The molecule has 0 unspecified atom stereocenters. The molecule has 4 N–H and O–H groups in total. The molecule has 114 valence electrons. The molecule has 0 radical (unpaired) electrons. The molecule has 0 fully saturated rings. The van der Waals surface area contributed by atoms with E-state index < -0.39 is 11.9 Å². The van der Waals surface area contributed by atoms with Crippen LogP contribution >= 0.6 is 11.8 Å². The molecule has 0 spiro atoms. The number of amides is 2. The van der Waals surface area contributed by atoms with E-state index in [-0.39, 0.29) is 34.8 Å². The zero-order valence-corrected chi connectivity index (χ0v) is 12.3. The highest BCUT2D eigenvalue weighted by Crippen LogP contribution is 2.16. The van der Waals surface area contributed by atoms with Gasteiger partial charge >= 0.3 is 5.97 Å². The van der Waals surface area contributed by atoms with Crippen LogP contribution in [0.1, 0.15) is 24.2 Å². The Labute approximate surface area is 125 Å². The summed E-state index contributed by atoms with van der Waals surface area (Å²) in [4.78, 5) is 41.3. The number of nitrogens with zero attached hydrogens (tertiary/aromatic N) is 2. The molecule has 9 nitrogen and oxygen atoms in total. The Bertz CT molecular complexity index is 551. The largest absolute Gasteiger partial charge is 0.462 e. The van der Waals surface area contributed by atoms with Crippen LogP contribution in [0.5, 0.6) is 0 Å². The van der Waals surface area contributed by atoms with Crippen LogP contribution in [-0.2, 0) is 14.3 Å². The maximum absolute atomic E-state index is 11.5. The molecule has 0 atom stereocenters. The molecule has 21 heavy (non-hydrogen) atoms. The van der Waals surface area contributed by atoms with Gasteiger partial charge in [0, 0.05) is 13.1 Å². The van der Waals surface area contributed by atoms with E-state index in [0.29, 0.717) is 0 Å². The summed E-state index contributed by atoms with van der Waals surface area (Å²) in [6.07, 6.45) is 1.24. The Kier molecular flexibility index (Phi) is 6.40. The molecule has 0 aliphatic rings. The summed E-state index contributed by atoms with van der Waals surface area (Å²) in [5.41, 5.74) is 10.1. The monoisotopic (exact) mass is 313 g/mol. The second-order valence-corrected chi connectivity index (χ2v) is 4.63. The summed E-state index contributed by atoms with van der Waals surface area (Å²) in [6, 6.07) is 0. The minimum absolute atomic E-state index is 0.0154. The zero-order valence-electron chi connectivity index (χ0n) is 11.5. The summed E-state index contributed by atoms with van der Waals surface area (Å²) in [5, 5.41) is 0.235. The van der Waals surface area contributed by atoms with Crippen LogP contribution < -0.4 is 16.6 Å². The number of hydrogen-bond donors (Lipinski definition) is 3. The van der Waals surface area contributed by atoms with Crippen LogP contribution in [0.2, 0.25) is 0 Å². The van der Waals surface area contributed by atoms with Crippen molar-refractivity contribution in [2.24, 2.45) is 0 Å². The first-order valence-corrected chi connectivity index (χ1v) is 6.90. The van der Waals surface area contributed by atoms with Crippen LogP contribution in [0.25, 0.3) is 0 Å². The van der Waals surface area contributed by atoms with Crippen LogP contribution in [0, 0.1) is 0 Å². The lowest BCUT2D eigenvalue weighted by Crippen LogP contribution is -2.41. The Morgan fingerprint density at radius 2 is 2.10 bits per heavy atom. The normalized spacial score (nSPS) is 9.81. The summed E-state index contributed by atoms with van der Waals surface area (Å²) in [7, 11) is 0. The zero-order chi connectivity index (χ0) is 15.8. The molecule has 2 amide bonds. The topological polar surface area (TPSA) is 136 Å². The number of anilines is 1. The van der Waals surface area contributed by atoms with Crippen molar-refractivity contribution < 1.29 is 19.1 Å². The van der Waals surface area contributed by atoms with E-state index in [1.54, 1.807) is 6.92 Å². The average Bonchev–Trinajstić information content (AvgIpc) is 2.43. The molecule has 1 heterocycles. The first-order chi connectivity index (χ1) is 9.93. The van der Waals surface area contributed by atoms with Crippen molar-refractivity contribution in [3.8, 4) is 0 Å². The fourth-order valence-electron chi connectivity index (χ4n) is 1.14. The van der Waals surface area contributed by atoms with Crippen molar-refractivity contribution in [3.63, 3.8) is 0 Å². The third-order valence-electron chi connectivity index (χ3n) is 2.00. The summed E-state index contributed by atoms with van der Waals surface area (Å²) in [5.74, 6) is -1.44. The molecule has 0 aliphatic heterocycles. The first kappa shape index (κ1) is 16.7. The van der Waals surface area contributed by atoms with Gasteiger partial charge in [0.15, 0.2) is 5.16 Å². The minimum atomic E-state index is -0.602. The maximum atomic E-state index is 11.5. The highest BCUT2D eigenvalue weighted by molar-refractivity contribution is 7.99. The standard InChI is InChI=1S/C11H15N5O4S/c1-3-20-10(19)7-4-13-11(14-9(7)12)21-5-8(18)16-15-6(2)17/h4H,3,5H2,1-2H3,(H,15,17)(H,16,18)(H2,12,13,14). The molecule has 0 saturated heterocycles. The summed E-state index contributed by atoms with van der Waals surface area (Å²) < 4.78 is 4.79.